The van der Waals surface area contributed by atoms with E-state index in [-0.39, 0.29) is 24.4 Å². The number of nitrogens with zero attached hydrogens (tertiary/aromatic N) is 2. The molecule has 0 saturated carbocycles. The van der Waals surface area contributed by atoms with Gasteiger partial charge >= 0.3 is 12.1 Å². The van der Waals surface area contributed by atoms with E-state index in [0.29, 0.717) is 6.54 Å². The fourth-order valence-corrected chi connectivity index (χ4v) is 1.94. The third-order valence-corrected chi connectivity index (χ3v) is 2.62. The largest absolute Gasteiger partial charge is 0.323 e. The second kappa shape index (κ2) is 3.04. The number of hydrogen-bond acceptors (Lipinski definition) is 2. The fourth-order valence-electron chi connectivity index (χ4n) is 1.94. The molecule has 6 heteroatoms. The van der Waals surface area contributed by atoms with Gasteiger partial charge in [0.15, 0.2) is 0 Å². The number of carbonyl (C=O) groups is 2. The Kier molecular flexibility index (Phi) is 1.98. The van der Waals surface area contributed by atoms with Crippen LogP contribution in [0.25, 0.3) is 0 Å². The van der Waals surface area contributed by atoms with Crippen LogP contribution in [0.5, 0.6) is 0 Å². The van der Waals surface area contributed by atoms with Crippen LogP contribution in [0.2, 0.25) is 0 Å². The summed E-state index contributed by atoms with van der Waals surface area (Å²) in [6.07, 6.45) is 0.458. The van der Waals surface area contributed by atoms with Crippen molar-refractivity contribution in [2.75, 3.05) is 13.6 Å². The summed E-state index contributed by atoms with van der Waals surface area (Å²) in [6, 6.07) is -0.241. The molecule has 0 aromatic carbocycles. The van der Waals surface area contributed by atoms with E-state index in [1.54, 1.807) is 16.8 Å². The van der Waals surface area contributed by atoms with Crippen molar-refractivity contribution in [2.24, 2.45) is 0 Å². The van der Waals surface area contributed by atoms with Gasteiger partial charge in [0.05, 0.1) is 0 Å². The Bertz CT molecular complexity index is 281. The van der Waals surface area contributed by atoms with E-state index in [1.807, 2.05) is 6.92 Å². The SMILES string of the molecule is CCCN1C(=O)N(C)[C@@H]2NC(=O)N[C@H]21. The molecule has 6 nitrogen and oxygen atoms in total. The third kappa shape index (κ3) is 1.10. The predicted molar refractivity (Wildman–Crippen MR) is 49.4 cm³/mol. The number of urea groups is 2. The standard InChI is InChI=1S/C8H14N4O2/c1-3-4-12-6-5(9-7(13)10-6)11(2)8(12)14/h5-6H,3-4H2,1-2H3,(H2,9,10,13)/t5-,6-/m0/s1. The van der Waals surface area contributed by atoms with Crippen LogP contribution in [0, 0.1) is 0 Å². The summed E-state index contributed by atoms with van der Waals surface area (Å²) in [7, 11) is 1.70. The Morgan fingerprint density at radius 2 is 1.93 bits per heavy atom. The highest BCUT2D eigenvalue weighted by Crippen LogP contribution is 2.21. The van der Waals surface area contributed by atoms with Gasteiger partial charge in [-0.1, -0.05) is 6.92 Å². The molecular formula is C8H14N4O2. The van der Waals surface area contributed by atoms with Gasteiger partial charge in [-0.15, -0.1) is 0 Å². The lowest BCUT2D eigenvalue weighted by molar-refractivity contribution is 0.184. The Labute approximate surface area is 82.2 Å². The molecule has 0 aliphatic carbocycles. The zero-order valence-corrected chi connectivity index (χ0v) is 8.28. The van der Waals surface area contributed by atoms with Gasteiger partial charge in [0, 0.05) is 13.6 Å². The van der Waals surface area contributed by atoms with E-state index < -0.39 is 0 Å². The minimum absolute atomic E-state index is 0.0330. The monoisotopic (exact) mass is 198 g/mol. The van der Waals surface area contributed by atoms with Crippen molar-refractivity contribution in [1.82, 2.24) is 20.4 Å². The molecule has 2 aliphatic heterocycles. The summed E-state index contributed by atoms with van der Waals surface area (Å²) in [5.41, 5.74) is 0. The van der Waals surface area contributed by atoms with Gasteiger partial charge in [0.1, 0.15) is 12.3 Å². The summed E-state index contributed by atoms with van der Waals surface area (Å²) in [4.78, 5) is 26.0. The highest BCUT2D eigenvalue weighted by molar-refractivity contribution is 5.84. The Balaban J connectivity index is 2.18. The average Bonchev–Trinajstić information content (AvgIpc) is 2.61. The molecular weight excluding hydrogens is 184 g/mol. The normalized spacial score (nSPS) is 30.4. The van der Waals surface area contributed by atoms with Gasteiger partial charge in [-0.05, 0) is 6.42 Å². The lowest BCUT2D eigenvalue weighted by Crippen LogP contribution is -2.43. The molecule has 2 aliphatic rings. The maximum absolute atomic E-state index is 11.7. The minimum Gasteiger partial charge on any atom is -0.314 e. The summed E-state index contributed by atoms with van der Waals surface area (Å²) < 4.78 is 0. The van der Waals surface area contributed by atoms with Crippen molar-refractivity contribution in [3.05, 3.63) is 0 Å². The first-order valence-electron chi connectivity index (χ1n) is 4.75. The lowest BCUT2D eigenvalue weighted by Gasteiger charge is -2.19. The molecule has 0 radical (unpaired) electrons. The van der Waals surface area contributed by atoms with Crippen molar-refractivity contribution in [3.8, 4) is 0 Å². The maximum atomic E-state index is 11.7. The van der Waals surface area contributed by atoms with Crippen molar-refractivity contribution in [3.63, 3.8) is 0 Å². The highest BCUT2D eigenvalue weighted by atomic mass is 16.2. The van der Waals surface area contributed by atoms with Crippen LogP contribution < -0.4 is 10.6 Å². The van der Waals surface area contributed by atoms with E-state index in [9.17, 15) is 9.59 Å². The molecule has 0 spiro atoms. The first-order valence-corrected chi connectivity index (χ1v) is 4.75. The second-order valence-electron chi connectivity index (χ2n) is 3.59. The highest BCUT2D eigenvalue weighted by Gasteiger charge is 2.48. The number of amides is 4. The molecule has 2 heterocycles. The predicted octanol–water partition coefficient (Wildman–Crippen LogP) is -0.271. The van der Waals surface area contributed by atoms with E-state index in [2.05, 4.69) is 10.6 Å². The van der Waals surface area contributed by atoms with Gasteiger partial charge < -0.3 is 20.4 Å². The number of likely N-dealkylation sites (N-methyl/N-ethyl adjacent to an activating group) is 1. The van der Waals surface area contributed by atoms with Crippen LogP contribution in [0.15, 0.2) is 0 Å². The second-order valence-corrected chi connectivity index (χ2v) is 3.59. The molecule has 0 unspecified atom stereocenters. The van der Waals surface area contributed by atoms with Crippen LogP contribution >= 0.6 is 0 Å². The molecule has 4 amide bonds. The van der Waals surface area contributed by atoms with Gasteiger partial charge in [-0.2, -0.15) is 0 Å². The van der Waals surface area contributed by atoms with Gasteiger partial charge in [0.2, 0.25) is 0 Å². The first kappa shape index (κ1) is 9.11. The molecule has 2 N–H and O–H groups in total. The smallest absolute Gasteiger partial charge is 0.314 e. The summed E-state index contributed by atoms with van der Waals surface area (Å²) >= 11 is 0. The molecule has 14 heavy (non-hydrogen) atoms. The molecule has 2 rings (SSSR count). The van der Waals surface area contributed by atoms with Gasteiger partial charge in [0.25, 0.3) is 0 Å². The molecule has 2 fully saturated rings. The van der Waals surface area contributed by atoms with Crippen molar-refractivity contribution >= 4 is 12.1 Å². The minimum atomic E-state index is -0.221. The maximum Gasteiger partial charge on any atom is 0.323 e. The number of hydrogen-bond donors (Lipinski definition) is 2. The van der Waals surface area contributed by atoms with E-state index in [1.165, 1.54) is 0 Å². The molecule has 2 atom stereocenters. The van der Waals surface area contributed by atoms with Crippen LogP contribution in [-0.2, 0) is 0 Å². The van der Waals surface area contributed by atoms with E-state index in [4.69, 9.17) is 0 Å². The van der Waals surface area contributed by atoms with Crippen LogP contribution in [0.3, 0.4) is 0 Å². The quantitative estimate of drug-likeness (QED) is 0.641. The fraction of sp³-hybridized carbons (Fsp3) is 0.750. The summed E-state index contributed by atoms with van der Waals surface area (Å²) in [5.74, 6) is 0. The first-order chi connectivity index (χ1) is 6.65. The molecule has 78 valence electrons. The zero-order chi connectivity index (χ0) is 10.3. The Hall–Kier alpha value is -1.46. The van der Waals surface area contributed by atoms with Crippen LogP contribution in [0.1, 0.15) is 13.3 Å². The molecule has 0 aromatic rings. The average molecular weight is 198 g/mol. The Morgan fingerprint density at radius 3 is 2.57 bits per heavy atom. The van der Waals surface area contributed by atoms with Crippen molar-refractivity contribution in [1.29, 1.82) is 0 Å². The van der Waals surface area contributed by atoms with Crippen molar-refractivity contribution in [2.45, 2.75) is 25.7 Å². The van der Waals surface area contributed by atoms with E-state index >= 15 is 0 Å². The number of rotatable bonds is 2. The van der Waals surface area contributed by atoms with Gasteiger partial charge in [-0.25, -0.2) is 9.59 Å². The number of nitrogens with one attached hydrogen (secondary N) is 2. The molecule has 0 aromatic heterocycles. The number of carbonyl (C=O) groups excluding carboxylic acids is 2. The number of fused-ring (bicyclic) bond motifs is 1. The molecule has 0 bridgehead atoms. The van der Waals surface area contributed by atoms with Crippen LogP contribution in [-0.4, -0.2) is 47.8 Å². The van der Waals surface area contributed by atoms with E-state index in [0.717, 1.165) is 6.42 Å². The summed E-state index contributed by atoms with van der Waals surface area (Å²) in [5, 5.41) is 5.42. The topological polar surface area (TPSA) is 64.7 Å². The van der Waals surface area contributed by atoms with Gasteiger partial charge in [-0.3, -0.25) is 0 Å². The lowest BCUT2D eigenvalue weighted by atomic mass is 10.3. The summed E-state index contributed by atoms with van der Waals surface area (Å²) in [6.45, 7) is 2.68. The third-order valence-electron chi connectivity index (χ3n) is 2.62. The molecule has 2 saturated heterocycles. The van der Waals surface area contributed by atoms with Crippen molar-refractivity contribution < 1.29 is 9.59 Å². The van der Waals surface area contributed by atoms with Crippen LogP contribution in [0.4, 0.5) is 9.59 Å². The Morgan fingerprint density at radius 1 is 1.29 bits per heavy atom. The zero-order valence-electron chi connectivity index (χ0n) is 8.28.